The monoisotopic (exact) mass is 616 g/mol. The van der Waals surface area contributed by atoms with Gasteiger partial charge < -0.3 is 14.4 Å². The first-order valence-corrected chi connectivity index (χ1v) is 19.7. The van der Waals surface area contributed by atoms with Gasteiger partial charge in [-0.15, -0.1) is 0 Å². The van der Waals surface area contributed by atoms with Crippen LogP contribution in [0.15, 0.2) is 35.8 Å². The van der Waals surface area contributed by atoms with Gasteiger partial charge in [-0.3, -0.25) is 0 Å². The molecule has 1 heterocycles. The van der Waals surface area contributed by atoms with Crippen LogP contribution in [0.5, 0.6) is 0 Å². The van der Waals surface area contributed by atoms with E-state index in [-0.39, 0.29) is 6.29 Å². The highest BCUT2D eigenvalue weighted by Gasteiger charge is 2.26. The van der Waals surface area contributed by atoms with Crippen molar-refractivity contribution in [3.63, 3.8) is 0 Å². The van der Waals surface area contributed by atoms with E-state index in [9.17, 15) is 0 Å². The highest BCUT2D eigenvalue weighted by atomic mass is 16.7. The van der Waals surface area contributed by atoms with E-state index in [4.69, 9.17) is 9.47 Å². The van der Waals surface area contributed by atoms with Crippen molar-refractivity contribution in [1.82, 2.24) is 4.90 Å². The zero-order valence-electron chi connectivity index (χ0n) is 30.4. The van der Waals surface area contributed by atoms with Crippen molar-refractivity contribution in [3.05, 3.63) is 35.8 Å². The number of unbranched alkanes of at least 4 members (excludes halogenated alkanes) is 22. The molecule has 0 fully saturated rings. The second-order valence-electron chi connectivity index (χ2n) is 13.8. The van der Waals surface area contributed by atoms with Gasteiger partial charge in [0.15, 0.2) is 0 Å². The lowest BCUT2D eigenvalue weighted by Gasteiger charge is -2.15. The van der Waals surface area contributed by atoms with Gasteiger partial charge in [0.2, 0.25) is 6.29 Å². The van der Waals surface area contributed by atoms with E-state index in [0.29, 0.717) is 0 Å². The zero-order valence-corrected chi connectivity index (χ0v) is 30.4. The number of hydrogen-bond donors (Lipinski definition) is 0. The van der Waals surface area contributed by atoms with E-state index in [1.165, 1.54) is 178 Å². The maximum absolute atomic E-state index is 6.33. The third-order valence-corrected chi connectivity index (χ3v) is 9.00. The topological polar surface area (TPSA) is 21.7 Å². The molecule has 0 aliphatic carbocycles. The fourth-order valence-corrected chi connectivity index (χ4v) is 6.06. The number of allylic oxidation sites excluding steroid dienone is 6. The van der Waals surface area contributed by atoms with Crippen molar-refractivity contribution in [2.75, 3.05) is 20.6 Å². The van der Waals surface area contributed by atoms with Gasteiger partial charge in [0.25, 0.3) is 0 Å². The summed E-state index contributed by atoms with van der Waals surface area (Å²) < 4.78 is 12.7. The minimum absolute atomic E-state index is 0.0753. The number of rotatable bonds is 33. The lowest BCUT2D eigenvalue weighted by atomic mass is 10.1. The Hall–Kier alpha value is -1.22. The van der Waals surface area contributed by atoms with Crippen molar-refractivity contribution in [2.45, 2.75) is 206 Å². The van der Waals surface area contributed by atoms with E-state index in [1.54, 1.807) is 0 Å². The summed E-state index contributed by atoms with van der Waals surface area (Å²) >= 11 is 0. The van der Waals surface area contributed by atoms with Gasteiger partial charge in [0.05, 0.1) is 0 Å². The van der Waals surface area contributed by atoms with Gasteiger partial charge in [-0.1, -0.05) is 141 Å². The summed E-state index contributed by atoms with van der Waals surface area (Å²) in [6, 6.07) is 0. The quantitative estimate of drug-likeness (QED) is 0.0541. The Morgan fingerprint density at radius 1 is 0.455 bits per heavy atom. The van der Waals surface area contributed by atoms with Crippen LogP contribution in [0.25, 0.3) is 0 Å². The molecule has 0 bridgehead atoms. The van der Waals surface area contributed by atoms with Gasteiger partial charge in [0.1, 0.15) is 11.5 Å². The molecule has 0 aromatic heterocycles. The standard InChI is InChI=1S/C41H77NO2/c1-5-7-9-11-13-15-17-19-21-23-25-27-29-31-33-35-39-40(44-41(43-39)37-38-42(3)4)36-34-32-30-28-26-24-22-20-18-16-14-12-10-8-6-2/h19-22,41H,5-18,23-38H2,1-4H3/b21-19-,22-20-. The zero-order chi connectivity index (χ0) is 31.8. The Kier molecular flexibility index (Phi) is 29.4. The largest absolute Gasteiger partial charge is 0.456 e. The average Bonchev–Trinajstić information content (AvgIpc) is 3.41. The fraction of sp³-hybridized carbons (Fsp3) is 0.854. The molecule has 1 aliphatic heterocycles. The normalized spacial score (nSPS) is 14.1. The molecule has 0 spiro atoms. The van der Waals surface area contributed by atoms with E-state index in [0.717, 1.165) is 25.8 Å². The van der Waals surface area contributed by atoms with Crippen LogP contribution in [0.3, 0.4) is 0 Å². The Balaban J connectivity index is 2.13. The predicted octanol–water partition coefficient (Wildman–Crippen LogP) is 13.6. The van der Waals surface area contributed by atoms with Crippen LogP contribution in [0.1, 0.15) is 200 Å². The van der Waals surface area contributed by atoms with E-state index in [2.05, 4.69) is 57.1 Å². The summed E-state index contributed by atoms with van der Waals surface area (Å²) in [4.78, 5) is 2.22. The molecule has 3 nitrogen and oxygen atoms in total. The van der Waals surface area contributed by atoms with Crippen LogP contribution in [0.2, 0.25) is 0 Å². The molecule has 0 aromatic carbocycles. The molecule has 0 unspecified atom stereocenters. The highest BCUT2D eigenvalue weighted by Crippen LogP contribution is 2.31. The van der Waals surface area contributed by atoms with Gasteiger partial charge in [0, 0.05) is 25.8 Å². The maximum atomic E-state index is 6.33. The van der Waals surface area contributed by atoms with Crippen LogP contribution < -0.4 is 0 Å². The Morgan fingerprint density at radius 3 is 1.11 bits per heavy atom. The van der Waals surface area contributed by atoms with E-state index >= 15 is 0 Å². The summed E-state index contributed by atoms with van der Waals surface area (Å²) in [5.74, 6) is 2.34. The van der Waals surface area contributed by atoms with Crippen molar-refractivity contribution in [1.29, 1.82) is 0 Å². The third kappa shape index (κ3) is 26.0. The summed E-state index contributed by atoms with van der Waals surface area (Å²) in [6.07, 6.45) is 47.6. The minimum atomic E-state index is -0.0753. The van der Waals surface area contributed by atoms with Gasteiger partial charge >= 0.3 is 0 Å². The van der Waals surface area contributed by atoms with Crippen molar-refractivity contribution in [2.24, 2.45) is 0 Å². The fourth-order valence-electron chi connectivity index (χ4n) is 6.06. The smallest absolute Gasteiger partial charge is 0.241 e. The van der Waals surface area contributed by atoms with Crippen LogP contribution in [-0.2, 0) is 9.47 Å². The molecular formula is C41H77NO2. The van der Waals surface area contributed by atoms with Crippen LogP contribution in [0.4, 0.5) is 0 Å². The Morgan fingerprint density at radius 2 is 0.773 bits per heavy atom. The van der Waals surface area contributed by atoms with Gasteiger partial charge in [-0.2, -0.15) is 0 Å². The second-order valence-corrected chi connectivity index (χ2v) is 13.8. The first-order chi connectivity index (χ1) is 21.7. The lowest BCUT2D eigenvalue weighted by molar-refractivity contribution is -0.0502. The molecule has 44 heavy (non-hydrogen) atoms. The molecule has 0 saturated carbocycles. The molecular weight excluding hydrogens is 538 g/mol. The molecule has 0 atom stereocenters. The van der Waals surface area contributed by atoms with Crippen LogP contribution in [0, 0.1) is 0 Å². The molecule has 0 aromatic rings. The molecule has 0 amide bonds. The van der Waals surface area contributed by atoms with Crippen molar-refractivity contribution in [3.8, 4) is 0 Å². The summed E-state index contributed by atoms with van der Waals surface area (Å²) in [5.41, 5.74) is 0. The summed E-state index contributed by atoms with van der Waals surface area (Å²) in [6.45, 7) is 5.59. The Labute approximate surface area is 276 Å². The molecule has 1 aliphatic rings. The first-order valence-electron chi connectivity index (χ1n) is 19.7. The summed E-state index contributed by atoms with van der Waals surface area (Å²) in [7, 11) is 4.25. The van der Waals surface area contributed by atoms with Crippen molar-refractivity contribution < 1.29 is 9.47 Å². The van der Waals surface area contributed by atoms with E-state index in [1.807, 2.05) is 0 Å². The molecule has 0 N–H and O–H groups in total. The van der Waals surface area contributed by atoms with Gasteiger partial charge in [-0.25, -0.2) is 0 Å². The second kappa shape index (κ2) is 31.7. The minimum Gasteiger partial charge on any atom is -0.456 e. The molecule has 0 saturated heterocycles. The first kappa shape index (κ1) is 40.8. The summed E-state index contributed by atoms with van der Waals surface area (Å²) in [5, 5.41) is 0. The molecule has 1 rings (SSSR count). The van der Waals surface area contributed by atoms with Crippen LogP contribution >= 0.6 is 0 Å². The van der Waals surface area contributed by atoms with Crippen LogP contribution in [-0.4, -0.2) is 31.8 Å². The number of nitrogens with zero attached hydrogens (tertiary/aromatic N) is 1. The average molecular weight is 616 g/mol. The lowest BCUT2D eigenvalue weighted by Crippen LogP contribution is -2.20. The number of ether oxygens (including phenoxy) is 2. The highest BCUT2D eigenvalue weighted by molar-refractivity contribution is 5.06. The molecule has 0 radical (unpaired) electrons. The maximum Gasteiger partial charge on any atom is 0.241 e. The SMILES string of the molecule is CCCCCCCC/C=C\CCCCCCCC1=C(CCCCCCC/C=C\CCCCCCCC)OC(CCN(C)C)O1. The Bertz CT molecular complexity index is 643. The third-order valence-electron chi connectivity index (χ3n) is 9.00. The number of hydrogen-bond acceptors (Lipinski definition) is 3. The molecule has 3 heteroatoms. The van der Waals surface area contributed by atoms with Gasteiger partial charge in [-0.05, 0) is 78.3 Å². The van der Waals surface area contributed by atoms with E-state index < -0.39 is 0 Å². The van der Waals surface area contributed by atoms with Crippen molar-refractivity contribution >= 4 is 0 Å². The molecule has 258 valence electrons. The predicted molar refractivity (Wildman–Crippen MR) is 195 cm³/mol.